The SMILES string of the molecule is [2H]C([2H])([2H])Oc1cc2ccccc2c2ccccc12. The van der Waals surface area contributed by atoms with Gasteiger partial charge in [0, 0.05) is 5.39 Å². The highest BCUT2D eigenvalue weighted by Crippen LogP contribution is 2.32. The van der Waals surface area contributed by atoms with Crippen molar-refractivity contribution in [1.82, 2.24) is 0 Å². The molecule has 0 spiro atoms. The summed E-state index contributed by atoms with van der Waals surface area (Å²) in [5.41, 5.74) is 0. The fourth-order valence-electron chi connectivity index (χ4n) is 2.10. The van der Waals surface area contributed by atoms with E-state index in [4.69, 9.17) is 8.85 Å². The van der Waals surface area contributed by atoms with Crippen molar-refractivity contribution in [3.63, 3.8) is 0 Å². The van der Waals surface area contributed by atoms with Crippen LogP contribution in [0, 0.1) is 0 Å². The second kappa shape index (κ2) is 3.53. The van der Waals surface area contributed by atoms with Gasteiger partial charge in [0.1, 0.15) is 5.75 Å². The summed E-state index contributed by atoms with van der Waals surface area (Å²) in [6, 6.07) is 17.3. The minimum absolute atomic E-state index is 0.398. The summed E-state index contributed by atoms with van der Waals surface area (Å²) in [6.07, 6.45) is 0. The Balaban J connectivity index is 2.36. The molecule has 0 heterocycles. The molecular weight excluding hydrogens is 196 g/mol. The van der Waals surface area contributed by atoms with Crippen molar-refractivity contribution in [1.29, 1.82) is 0 Å². The minimum Gasteiger partial charge on any atom is -0.496 e. The lowest BCUT2D eigenvalue weighted by molar-refractivity contribution is 0.420. The lowest BCUT2D eigenvalue weighted by Gasteiger charge is -2.08. The van der Waals surface area contributed by atoms with Crippen molar-refractivity contribution in [2.75, 3.05) is 7.04 Å². The number of hydrogen-bond acceptors (Lipinski definition) is 1. The highest BCUT2D eigenvalue weighted by Gasteiger charge is 2.05. The molecule has 3 rings (SSSR count). The van der Waals surface area contributed by atoms with Crippen molar-refractivity contribution >= 4 is 21.5 Å². The van der Waals surface area contributed by atoms with E-state index in [0.717, 1.165) is 21.5 Å². The standard InChI is InChI=1S/C15H12O/c1-16-15-10-11-6-2-3-7-12(11)13-8-4-5-9-14(13)15/h2-10H,1H3/i1D3. The Labute approximate surface area is 98.5 Å². The van der Waals surface area contributed by atoms with E-state index in [1.165, 1.54) is 0 Å². The zero-order valence-electron chi connectivity index (χ0n) is 11.6. The van der Waals surface area contributed by atoms with Crippen LogP contribution < -0.4 is 4.74 Å². The smallest absolute Gasteiger partial charge is 0.127 e. The van der Waals surface area contributed by atoms with E-state index in [-0.39, 0.29) is 0 Å². The van der Waals surface area contributed by atoms with Crippen LogP contribution >= 0.6 is 0 Å². The van der Waals surface area contributed by atoms with Crippen LogP contribution in [0.5, 0.6) is 5.75 Å². The molecule has 0 amide bonds. The predicted octanol–water partition coefficient (Wildman–Crippen LogP) is 4.00. The minimum atomic E-state index is -2.44. The zero-order valence-corrected chi connectivity index (χ0v) is 8.60. The number of methoxy groups -OCH3 is 1. The van der Waals surface area contributed by atoms with Crippen molar-refractivity contribution in [3.8, 4) is 5.75 Å². The molecule has 1 nitrogen and oxygen atoms in total. The quantitative estimate of drug-likeness (QED) is 0.553. The lowest BCUT2D eigenvalue weighted by Crippen LogP contribution is -1.86. The van der Waals surface area contributed by atoms with Crippen molar-refractivity contribution in [2.45, 2.75) is 0 Å². The first kappa shape index (κ1) is 6.54. The molecule has 0 aliphatic rings. The van der Waals surface area contributed by atoms with Gasteiger partial charge in [-0.15, -0.1) is 0 Å². The number of rotatable bonds is 1. The summed E-state index contributed by atoms with van der Waals surface area (Å²) in [5, 5.41) is 3.88. The van der Waals surface area contributed by atoms with Crippen molar-refractivity contribution in [2.24, 2.45) is 0 Å². The summed E-state index contributed by atoms with van der Waals surface area (Å²) in [4.78, 5) is 0. The van der Waals surface area contributed by atoms with Gasteiger partial charge in [0.25, 0.3) is 0 Å². The molecule has 16 heavy (non-hydrogen) atoms. The van der Waals surface area contributed by atoms with Crippen LogP contribution in [0.1, 0.15) is 4.11 Å². The Hall–Kier alpha value is -2.02. The molecule has 78 valence electrons. The van der Waals surface area contributed by atoms with E-state index in [1.54, 1.807) is 6.07 Å². The van der Waals surface area contributed by atoms with Gasteiger partial charge in [0.2, 0.25) is 0 Å². The monoisotopic (exact) mass is 211 g/mol. The average Bonchev–Trinajstić information content (AvgIpc) is 2.37. The van der Waals surface area contributed by atoms with E-state index in [2.05, 4.69) is 0 Å². The van der Waals surface area contributed by atoms with Gasteiger partial charge >= 0.3 is 0 Å². The Morgan fingerprint density at radius 1 is 0.875 bits per heavy atom. The van der Waals surface area contributed by atoms with E-state index < -0.39 is 7.04 Å². The number of ether oxygens (including phenoxy) is 1. The topological polar surface area (TPSA) is 9.23 Å². The van der Waals surface area contributed by atoms with Crippen LogP contribution in [0.25, 0.3) is 21.5 Å². The van der Waals surface area contributed by atoms with E-state index >= 15 is 0 Å². The normalized spacial score (nSPS) is 14.4. The van der Waals surface area contributed by atoms with Gasteiger partial charge in [-0.05, 0) is 22.2 Å². The molecule has 0 N–H and O–H groups in total. The summed E-state index contributed by atoms with van der Waals surface area (Å²) < 4.78 is 26.9. The largest absolute Gasteiger partial charge is 0.496 e. The van der Waals surface area contributed by atoms with E-state index in [9.17, 15) is 0 Å². The lowest BCUT2D eigenvalue weighted by atomic mass is 10.0. The Kier molecular flexibility index (Phi) is 1.44. The maximum absolute atomic E-state index is 7.26. The van der Waals surface area contributed by atoms with Crippen LogP contribution in [-0.4, -0.2) is 7.04 Å². The molecule has 0 fully saturated rings. The summed E-state index contributed by atoms with van der Waals surface area (Å²) >= 11 is 0. The number of fused-ring (bicyclic) bond motifs is 3. The van der Waals surface area contributed by atoms with Crippen LogP contribution in [0.15, 0.2) is 54.6 Å². The summed E-state index contributed by atoms with van der Waals surface area (Å²) in [5.74, 6) is 0.398. The predicted molar refractivity (Wildman–Crippen MR) is 68.0 cm³/mol. The van der Waals surface area contributed by atoms with Gasteiger partial charge in [0.05, 0.1) is 11.2 Å². The molecule has 0 saturated carbocycles. The third kappa shape index (κ3) is 1.25. The second-order valence-electron chi connectivity index (χ2n) is 3.74. The van der Waals surface area contributed by atoms with Crippen molar-refractivity contribution in [3.05, 3.63) is 54.6 Å². The molecule has 0 atom stereocenters. The van der Waals surface area contributed by atoms with Gasteiger partial charge in [-0.2, -0.15) is 0 Å². The summed E-state index contributed by atoms with van der Waals surface area (Å²) in [7, 11) is -2.44. The highest BCUT2D eigenvalue weighted by molar-refractivity contribution is 6.10. The van der Waals surface area contributed by atoms with E-state index in [1.807, 2.05) is 48.5 Å². The Morgan fingerprint density at radius 3 is 2.38 bits per heavy atom. The van der Waals surface area contributed by atoms with Gasteiger partial charge in [-0.1, -0.05) is 48.5 Å². The number of hydrogen-bond donors (Lipinski definition) is 0. The van der Waals surface area contributed by atoms with Crippen LogP contribution in [-0.2, 0) is 0 Å². The molecule has 0 radical (unpaired) electrons. The number of benzene rings is 3. The molecule has 0 bridgehead atoms. The maximum atomic E-state index is 7.26. The highest BCUT2D eigenvalue weighted by atomic mass is 16.5. The van der Waals surface area contributed by atoms with Gasteiger partial charge < -0.3 is 4.74 Å². The fraction of sp³-hybridized carbons (Fsp3) is 0.0667. The molecule has 3 aromatic carbocycles. The second-order valence-corrected chi connectivity index (χ2v) is 3.74. The first-order valence-electron chi connectivity index (χ1n) is 6.64. The third-order valence-corrected chi connectivity index (χ3v) is 2.84. The van der Waals surface area contributed by atoms with Crippen LogP contribution in [0.2, 0.25) is 0 Å². The van der Waals surface area contributed by atoms with Gasteiger partial charge in [-0.3, -0.25) is 0 Å². The van der Waals surface area contributed by atoms with Gasteiger partial charge in [-0.25, -0.2) is 0 Å². The van der Waals surface area contributed by atoms with Crippen LogP contribution in [0.4, 0.5) is 0 Å². The Bertz CT molecular complexity index is 747. The Morgan fingerprint density at radius 2 is 1.56 bits per heavy atom. The molecule has 0 aliphatic heterocycles. The summed E-state index contributed by atoms with van der Waals surface area (Å²) in [6.45, 7) is 0. The molecular formula is C15H12O. The molecule has 3 aromatic rings. The maximum Gasteiger partial charge on any atom is 0.127 e. The molecule has 1 heteroatoms. The molecule has 0 aromatic heterocycles. The van der Waals surface area contributed by atoms with Gasteiger partial charge in [0.15, 0.2) is 0 Å². The van der Waals surface area contributed by atoms with E-state index in [0.29, 0.717) is 5.75 Å². The van der Waals surface area contributed by atoms with Crippen molar-refractivity contribution < 1.29 is 8.85 Å². The average molecular weight is 211 g/mol. The van der Waals surface area contributed by atoms with Crippen LogP contribution in [0.3, 0.4) is 0 Å². The first-order valence-corrected chi connectivity index (χ1v) is 5.14. The molecule has 0 unspecified atom stereocenters. The molecule has 0 saturated heterocycles. The zero-order chi connectivity index (χ0) is 13.5. The fourth-order valence-corrected chi connectivity index (χ4v) is 2.10. The molecule has 0 aliphatic carbocycles. The third-order valence-electron chi connectivity index (χ3n) is 2.84. The first-order chi connectivity index (χ1) is 9.04.